The highest BCUT2D eigenvalue weighted by atomic mass is 16.5. The van der Waals surface area contributed by atoms with Crippen molar-refractivity contribution in [2.24, 2.45) is 0 Å². The third kappa shape index (κ3) is 3.67. The molecule has 3 nitrogen and oxygen atoms in total. The molecule has 1 aliphatic heterocycles. The van der Waals surface area contributed by atoms with Crippen LogP contribution in [0.25, 0.3) is 23.0 Å². The molecule has 3 aromatic carbocycles. The molecule has 0 aliphatic carbocycles. The van der Waals surface area contributed by atoms with Crippen molar-refractivity contribution in [2.75, 3.05) is 7.11 Å². The van der Waals surface area contributed by atoms with Gasteiger partial charge in [-0.25, -0.2) is 4.79 Å². The molecule has 27 heavy (non-hydrogen) atoms. The zero-order chi connectivity index (χ0) is 18.6. The van der Waals surface area contributed by atoms with Crippen LogP contribution in [-0.2, 0) is 9.53 Å². The smallest absolute Gasteiger partial charge is 0.343 e. The molecule has 0 bridgehead atoms. The summed E-state index contributed by atoms with van der Waals surface area (Å²) >= 11 is 0. The number of methoxy groups -OCH3 is 1. The predicted octanol–water partition coefficient (Wildman–Crippen LogP) is 5.34. The first-order valence-electron chi connectivity index (χ1n) is 8.68. The molecule has 0 radical (unpaired) electrons. The summed E-state index contributed by atoms with van der Waals surface area (Å²) < 4.78 is 10.6. The normalized spacial score (nSPS) is 14.8. The highest BCUT2D eigenvalue weighted by molar-refractivity contribution is 6.05. The molecule has 0 N–H and O–H groups in total. The molecule has 0 unspecified atom stereocenters. The van der Waals surface area contributed by atoms with E-state index >= 15 is 0 Å². The van der Waals surface area contributed by atoms with E-state index in [2.05, 4.69) is 12.1 Å². The number of carbonyl (C=O) groups excluding carboxylic acids is 1. The Balaban J connectivity index is 1.58. The Bertz CT molecular complexity index is 1010. The lowest BCUT2D eigenvalue weighted by Crippen LogP contribution is -1.97. The molecular weight excluding hydrogens is 336 g/mol. The Labute approximate surface area is 158 Å². The summed E-state index contributed by atoms with van der Waals surface area (Å²) in [6.07, 6.45) is 3.59. The fourth-order valence-electron chi connectivity index (χ4n) is 2.97. The molecule has 0 saturated heterocycles. The van der Waals surface area contributed by atoms with Crippen LogP contribution in [0.1, 0.15) is 11.1 Å². The lowest BCUT2D eigenvalue weighted by Gasteiger charge is -2.05. The molecule has 0 spiro atoms. The molecular formula is C24H18O3. The lowest BCUT2D eigenvalue weighted by molar-refractivity contribution is -0.130. The zero-order valence-electron chi connectivity index (χ0n) is 14.9. The number of cyclic esters (lactones) is 1. The van der Waals surface area contributed by atoms with Crippen LogP contribution in [0.15, 0.2) is 90.5 Å². The average molecular weight is 354 g/mol. The summed E-state index contributed by atoms with van der Waals surface area (Å²) in [6.45, 7) is 0. The Morgan fingerprint density at radius 2 is 1.41 bits per heavy atom. The van der Waals surface area contributed by atoms with Gasteiger partial charge in [-0.15, -0.1) is 0 Å². The third-order valence-corrected chi connectivity index (χ3v) is 4.44. The van der Waals surface area contributed by atoms with Gasteiger partial charge in [-0.2, -0.15) is 0 Å². The van der Waals surface area contributed by atoms with E-state index in [9.17, 15) is 4.79 Å². The summed E-state index contributed by atoms with van der Waals surface area (Å²) in [5.41, 5.74) is 4.60. The maximum absolute atomic E-state index is 12.2. The van der Waals surface area contributed by atoms with Crippen molar-refractivity contribution in [3.05, 3.63) is 102 Å². The first kappa shape index (κ1) is 16.9. The van der Waals surface area contributed by atoms with Gasteiger partial charge < -0.3 is 9.47 Å². The third-order valence-electron chi connectivity index (χ3n) is 4.44. The number of ether oxygens (including phenoxy) is 2. The molecule has 0 saturated carbocycles. The maximum atomic E-state index is 12.2. The van der Waals surface area contributed by atoms with Crippen molar-refractivity contribution >= 4 is 17.8 Å². The van der Waals surface area contributed by atoms with Crippen molar-refractivity contribution in [3.8, 4) is 16.9 Å². The first-order chi connectivity index (χ1) is 13.2. The second-order valence-corrected chi connectivity index (χ2v) is 6.21. The van der Waals surface area contributed by atoms with Crippen LogP contribution in [0.4, 0.5) is 0 Å². The number of hydrogen-bond donors (Lipinski definition) is 0. The fourth-order valence-corrected chi connectivity index (χ4v) is 2.97. The Morgan fingerprint density at radius 1 is 0.778 bits per heavy atom. The van der Waals surface area contributed by atoms with Gasteiger partial charge in [-0.3, -0.25) is 0 Å². The molecule has 1 heterocycles. The van der Waals surface area contributed by atoms with Gasteiger partial charge in [-0.1, -0.05) is 66.7 Å². The molecule has 3 heteroatoms. The molecule has 1 aliphatic rings. The van der Waals surface area contributed by atoms with E-state index in [1.165, 1.54) is 0 Å². The number of esters is 1. The summed E-state index contributed by atoms with van der Waals surface area (Å²) in [7, 11) is 1.62. The summed E-state index contributed by atoms with van der Waals surface area (Å²) in [6, 6.07) is 25.7. The minimum absolute atomic E-state index is 0.340. The number of hydrogen-bond acceptors (Lipinski definition) is 3. The van der Waals surface area contributed by atoms with Crippen LogP contribution in [0.3, 0.4) is 0 Å². The van der Waals surface area contributed by atoms with Gasteiger partial charge in [0.05, 0.1) is 12.7 Å². The minimum atomic E-state index is -0.340. The second-order valence-electron chi connectivity index (χ2n) is 6.21. The highest BCUT2D eigenvalue weighted by Crippen LogP contribution is 2.29. The molecule has 0 atom stereocenters. The van der Waals surface area contributed by atoms with Gasteiger partial charge in [0.25, 0.3) is 0 Å². The molecule has 4 rings (SSSR count). The first-order valence-corrected chi connectivity index (χ1v) is 8.68. The quantitative estimate of drug-likeness (QED) is 0.468. The van der Waals surface area contributed by atoms with E-state index < -0.39 is 0 Å². The van der Waals surface area contributed by atoms with Gasteiger partial charge in [-0.05, 0) is 41.0 Å². The van der Waals surface area contributed by atoms with Crippen LogP contribution in [0.5, 0.6) is 5.75 Å². The monoisotopic (exact) mass is 354 g/mol. The van der Waals surface area contributed by atoms with Crippen molar-refractivity contribution in [1.29, 1.82) is 0 Å². The van der Waals surface area contributed by atoms with Crippen LogP contribution in [0, 0.1) is 0 Å². The van der Waals surface area contributed by atoms with E-state index in [0.29, 0.717) is 11.3 Å². The number of rotatable bonds is 4. The van der Waals surface area contributed by atoms with E-state index in [1.54, 1.807) is 13.2 Å². The van der Waals surface area contributed by atoms with Gasteiger partial charge in [0.1, 0.15) is 11.5 Å². The van der Waals surface area contributed by atoms with Gasteiger partial charge in [0, 0.05) is 5.56 Å². The number of carbonyl (C=O) groups is 1. The van der Waals surface area contributed by atoms with E-state index in [1.807, 2.05) is 72.8 Å². The molecule has 0 aromatic heterocycles. The van der Waals surface area contributed by atoms with E-state index in [-0.39, 0.29) is 5.97 Å². The largest absolute Gasteiger partial charge is 0.497 e. The predicted molar refractivity (Wildman–Crippen MR) is 107 cm³/mol. The van der Waals surface area contributed by atoms with Crippen molar-refractivity contribution in [3.63, 3.8) is 0 Å². The Morgan fingerprint density at radius 3 is 2.07 bits per heavy atom. The maximum Gasteiger partial charge on any atom is 0.343 e. The fraction of sp³-hybridized carbons (Fsp3) is 0.0417. The molecule has 3 aromatic rings. The van der Waals surface area contributed by atoms with Gasteiger partial charge in [0.15, 0.2) is 0 Å². The lowest BCUT2D eigenvalue weighted by atomic mass is 10.0. The van der Waals surface area contributed by atoms with E-state index in [4.69, 9.17) is 9.47 Å². The van der Waals surface area contributed by atoms with E-state index in [0.717, 1.165) is 28.0 Å². The zero-order valence-corrected chi connectivity index (χ0v) is 14.9. The molecule has 132 valence electrons. The highest BCUT2D eigenvalue weighted by Gasteiger charge is 2.21. The van der Waals surface area contributed by atoms with Crippen LogP contribution in [0.2, 0.25) is 0 Å². The van der Waals surface area contributed by atoms with Crippen LogP contribution in [-0.4, -0.2) is 13.1 Å². The topological polar surface area (TPSA) is 35.5 Å². The summed E-state index contributed by atoms with van der Waals surface area (Å²) in [5, 5.41) is 0. The molecule has 0 fully saturated rings. The van der Waals surface area contributed by atoms with Crippen LogP contribution >= 0.6 is 0 Å². The molecule has 0 amide bonds. The second kappa shape index (κ2) is 7.34. The van der Waals surface area contributed by atoms with Gasteiger partial charge >= 0.3 is 5.97 Å². The average Bonchev–Trinajstić information content (AvgIpc) is 3.10. The Hall–Kier alpha value is -3.59. The van der Waals surface area contributed by atoms with Gasteiger partial charge in [0.2, 0.25) is 0 Å². The number of benzene rings is 3. The van der Waals surface area contributed by atoms with Crippen molar-refractivity contribution in [2.45, 2.75) is 0 Å². The summed E-state index contributed by atoms with van der Waals surface area (Å²) in [4.78, 5) is 12.2. The minimum Gasteiger partial charge on any atom is -0.497 e. The van der Waals surface area contributed by atoms with Crippen molar-refractivity contribution in [1.82, 2.24) is 0 Å². The standard InChI is InChI=1S/C24H18O3/c1-26-22-13-7-17(8-14-22)15-21-16-23(27-24(21)25)20-11-9-19(10-12-20)18-5-3-2-4-6-18/h2-16H,1H3/b21-15+. The van der Waals surface area contributed by atoms with Crippen molar-refractivity contribution < 1.29 is 14.3 Å². The summed E-state index contributed by atoms with van der Waals surface area (Å²) in [5.74, 6) is 1.01. The Kier molecular flexibility index (Phi) is 4.58. The SMILES string of the molecule is COc1ccc(/C=C2\C=C(c3ccc(-c4ccccc4)cc3)OC2=O)cc1. The van der Waals surface area contributed by atoms with Crippen LogP contribution < -0.4 is 4.74 Å².